The number of rotatable bonds is 21. The number of sulfonamides is 1. The average molecular weight is 612 g/mol. The molecule has 1 saturated carbocycles. The molecular formula is C29H49N5O7S. The highest BCUT2D eigenvalue weighted by atomic mass is 32.2. The van der Waals surface area contributed by atoms with E-state index in [9.17, 15) is 18.0 Å². The maximum absolute atomic E-state index is 12.5. The molecule has 0 aromatic heterocycles. The molecule has 2 rings (SSSR count). The summed E-state index contributed by atoms with van der Waals surface area (Å²) in [6.07, 6.45) is 5.02. The van der Waals surface area contributed by atoms with Gasteiger partial charge in [0.2, 0.25) is 11.8 Å². The van der Waals surface area contributed by atoms with Gasteiger partial charge in [-0.2, -0.15) is 13.5 Å². The number of hydrogen-bond acceptors (Lipinski definition) is 9. The van der Waals surface area contributed by atoms with Crippen LogP contribution in [0.5, 0.6) is 0 Å². The number of hydrazone groups is 1. The van der Waals surface area contributed by atoms with Crippen LogP contribution in [0.2, 0.25) is 0 Å². The summed E-state index contributed by atoms with van der Waals surface area (Å²) >= 11 is 0. The Bertz CT molecular complexity index is 1070. The molecule has 1 aromatic rings. The highest BCUT2D eigenvalue weighted by molar-refractivity contribution is 7.89. The van der Waals surface area contributed by atoms with Crippen LogP contribution in [-0.4, -0.2) is 84.7 Å². The zero-order chi connectivity index (χ0) is 30.6. The maximum Gasteiger partial charge on any atom is 0.276 e. The molecular weight excluding hydrogens is 562 g/mol. The summed E-state index contributed by atoms with van der Waals surface area (Å²) in [5.74, 6) is -0.283. The molecule has 0 saturated heterocycles. The standard InChI is InChI=1S/C29H49N5O7S/c1-23-8-10-27(11-9-23)42(37,38)34-33-24(2)25-6-3-7-26(22-25)32-29(36)13-12-28(35)31-15-5-17-40-19-21-41-20-18-39-16-4-14-30/h8-11,25-26,34H,3-7,12-22,30H2,1-2H3,(H,31,35)(H,32,36)/b33-24+. The van der Waals surface area contributed by atoms with E-state index in [0.717, 1.165) is 31.2 Å². The van der Waals surface area contributed by atoms with E-state index in [4.69, 9.17) is 19.9 Å². The number of carbonyl (C=O) groups excluding carboxylic acids is 2. The van der Waals surface area contributed by atoms with Gasteiger partial charge in [-0.3, -0.25) is 9.59 Å². The lowest BCUT2D eigenvalue weighted by atomic mass is 9.83. The van der Waals surface area contributed by atoms with Gasteiger partial charge in [0.15, 0.2) is 0 Å². The SMILES string of the molecule is C/C(=N\NS(=O)(=O)c1ccc(C)cc1)C1CCCC(NC(=O)CCC(=O)NCCCOCCOCCOCCCN)C1. The van der Waals surface area contributed by atoms with Crippen LogP contribution in [0.4, 0.5) is 0 Å². The van der Waals surface area contributed by atoms with Gasteiger partial charge in [0, 0.05) is 50.3 Å². The number of aryl methyl sites for hydroxylation is 1. The summed E-state index contributed by atoms with van der Waals surface area (Å²) in [4.78, 5) is 27.1. The molecule has 2 unspecified atom stereocenters. The number of amides is 2. The van der Waals surface area contributed by atoms with E-state index in [-0.39, 0.29) is 41.5 Å². The lowest BCUT2D eigenvalue weighted by Crippen LogP contribution is -2.40. The zero-order valence-electron chi connectivity index (χ0n) is 25.1. The first-order valence-corrected chi connectivity index (χ1v) is 16.3. The van der Waals surface area contributed by atoms with Crippen LogP contribution in [-0.2, 0) is 33.8 Å². The van der Waals surface area contributed by atoms with E-state index in [1.165, 1.54) is 0 Å². The molecule has 13 heteroatoms. The Morgan fingerprint density at radius 3 is 2.21 bits per heavy atom. The molecule has 1 aliphatic carbocycles. The van der Waals surface area contributed by atoms with Crippen molar-refractivity contribution in [1.29, 1.82) is 0 Å². The molecule has 1 fully saturated rings. The van der Waals surface area contributed by atoms with Gasteiger partial charge in [0.1, 0.15) is 0 Å². The van der Waals surface area contributed by atoms with Crippen LogP contribution in [0.1, 0.15) is 63.9 Å². The molecule has 0 spiro atoms. The summed E-state index contributed by atoms with van der Waals surface area (Å²) in [5.41, 5.74) is 7.05. The van der Waals surface area contributed by atoms with Gasteiger partial charge < -0.3 is 30.6 Å². The minimum absolute atomic E-state index is 0.0389. The zero-order valence-corrected chi connectivity index (χ0v) is 25.9. The van der Waals surface area contributed by atoms with E-state index in [1.54, 1.807) is 31.2 Å². The lowest BCUT2D eigenvalue weighted by Gasteiger charge is -2.29. The van der Waals surface area contributed by atoms with E-state index >= 15 is 0 Å². The first kappa shape index (κ1) is 35.6. The maximum atomic E-state index is 12.5. The molecule has 0 radical (unpaired) electrons. The van der Waals surface area contributed by atoms with Gasteiger partial charge >= 0.3 is 0 Å². The number of hydrogen-bond donors (Lipinski definition) is 4. The number of benzene rings is 1. The number of nitrogens with two attached hydrogens (primary N) is 1. The molecule has 1 aliphatic rings. The predicted octanol–water partition coefficient (Wildman–Crippen LogP) is 2.01. The van der Waals surface area contributed by atoms with Crippen molar-refractivity contribution >= 4 is 27.5 Å². The van der Waals surface area contributed by atoms with Crippen LogP contribution in [0.15, 0.2) is 34.3 Å². The van der Waals surface area contributed by atoms with Crippen molar-refractivity contribution in [3.8, 4) is 0 Å². The number of nitrogens with zero attached hydrogens (tertiary/aromatic N) is 1. The van der Waals surface area contributed by atoms with Crippen molar-refractivity contribution in [2.45, 2.75) is 76.2 Å². The minimum atomic E-state index is -3.74. The van der Waals surface area contributed by atoms with Crippen LogP contribution < -0.4 is 21.2 Å². The molecule has 2 atom stereocenters. The normalized spacial score (nSPS) is 17.5. The topological polar surface area (TPSA) is 170 Å². The fraction of sp³-hybridized carbons (Fsp3) is 0.690. The van der Waals surface area contributed by atoms with Crippen molar-refractivity contribution in [2.75, 3.05) is 52.7 Å². The largest absolute Gasteiger partial charge is 0.379 e. The van der Waals surface area contributed by atoms with Crippen LogP contribution >= 0.6 is 0 Å². The molecule has 238 valence electrons. The molecule has 5 N–H and O–H groups in total. The van der Waals surface area contributed by atoms with E-state index in [0.29, 0.717) is 71.3 Å². The van der Waals surface area contributed by atoms with E-state index in [1.807, 2.05) is 6.92 Å². The minimum Gasteiger partial charge on any atom is -0.379 e. The Balaban J connectivity index is 1.55. The molecule has 1 aromatic carbocycles. The Labute approximate surface area is 250 Å². The quantitative estimate of drug-likeness (QED) is 0.0929. The summed E-state index contributed by atoms with van der Waals surface area (Å²) < 4.78 is 41.3. The van der Waals surface area contributed by atoms with Crippen molar-refractivity contribution in [2.24, 2.45) is 16.8 Å². The second kappa shape index (κ2) is 20.3. The molecule has 0 heterocycles. The first-order chi connectivity index (χ1) is 20.2. The summed E-state index contributed by atoms with van der Waals surface area (Å²) in [7, 11) is -3.74. The first-order valence-electron chi connectivity index (χ1n) is 14.8. The van der Waals surface area contributed by atoms with E-state index < -0.39 is 10.0 Å². The average Bonchev–Trinajstić information content (AvgIpc) is 2.97. The van der Waals surface area contributed by atoms with Gasteiger partial charge in [-0.05, 0) is 64.6 Å². The van der Waals surface area contributed by atoms with Gasteiger partial charge in [-0.15, -0.1) is 0 Å². The van der Waals surface area contributed by atoms with Gasteiger partial charge in [-0.1, -0.05) is 24.1 Å². The summed E-state index contributed by atoms with van der Waals surface area (Å²) in [6, 6.07) is 6.54. The number of ether oxygens (including phenoxy) is 3. The lowest BCUT2D eigenvalue weighted by molar-refractivity contribution is -0.127. The Kier molecular flexibility index (Phi) is 17.3. The Hall–Kier alpha value is -2.58. The van der Waals surface area contributed by atoms with Crippen molar-refractivity contribution < 1.29 is 32.2 Å². The molecule has 42 heavy (non-hydrogen) atoms. The second-order valence-corrected chi connectivity index (χ2v) is 12.1. The third kappa shape index (κ3) is 15.1. The van der Waals surface area contributed by atoms with Crippen LogP contribution in [0.3, 0.4) is 0 Å². The highest BCUT2D eigenvalue weighted by Gasteiger charge is 2.26. The highest BCUT2D eigenvalue weighted by Crippen LogP contribution is 2.26. The van der Waals surface area contributed by atoms with Crippen molar-refractivity contribution in [3.63, 3.8) is 0 Å². The van der Waals surface area contributed by atoms with Gasteiger partial charge in [0.05, 0.1) is 31.3 Å². The second-order valence-electron chi connectivity index (χ2n) is 10.5. The van der Waals surface area contributed by atoms with Crippen molar-refractivity contribution in [3.05, 3.63) is 29.8 Å². The van der Waals surface area contributed by atoms with Gasteiger partial charge in [-0.25, -0.2) is 4.83 Å². The fourth-order valence-electron chi connectivity index (χ4n) is 4.44. The molecule has 0 aliphatic heterocycles. The number of carbonyl (C=O) groups is 2. The molecule has 2 amide bonds. The summed E-state index contributed by atoms with van der Waals surface area (Å²) in [5, 5.41) is 9.99. The monoisotopic (exact) mass is 611 g/mol. The molecule has 12 nitrogen and oxygen atoms in total. The predicted molar refractivity (Wildman–Crippen MR) is 161 cm³/mol. The fourth-order valence-corrected chi connectivity index (χ4v) is 5.30. The summed E-state index contributed by atoms with van der Waals surface area (Å²) in [6.45, 7) is 7.98. The van der Waals surface area contributed by atoms with Crippen LogP contribution in [0.25, 0.3) is 0 Å². The number of nitrogens with one attached hydrogen (secondary N) is 3. The molecule has 0 bridgehead atoms. The third-order valence-electron chi connectivity index (χ3n) is 6.91. The van der Waals surface area contributed by atoms with Gasteiger partial charge in [0.25, 0.3) is 10.0 Å². The third-order valence-corrected chi connectivity index (χ3v) is 8.13. The Morgan fingerprint density at radius 1 is 0.929 bits per heavy atom. The van der Waals surface area contributed by atoms with E-state index in [2.05, 4.69) is 20.6 Å². The Morgan fingerprint density at radius 2 is 1.55 bits per heavy atom. The van der Waals surface area contributed by atoms with Crippen molar-refractivity contribution in [1.82, 2.24) is 15.5 Å². The van der Waals surface area contributed by atoms with Crippen LogP contribution in [0, 0.1) is 12.8 Å². The smallest absolute Gasteiger partial charge is 0.276 e.